The van der Waals surface area contributed by atoms with E-state index >= 15 is 0 Å². The zero-order valence-electron chi connectivity index (χ0n) is 11.6. The minimum absolute atomic E-state index is 0.0993. The molecular weight excluding hydrogens is 276 g/mol. The summed E-state index contributed by atoms with van der Waals surface area (Å²) < 4.78 is 5.20. The van der Waals surface area contributed by atoms with E-state index in [1.54, 1.807) is 0 Å². The number of aromatic carboxylic acids is 1. The van der Waals surface area contributed by atoms with Gasteiger partial charge in [-0.25, -0.2) is 4.79 Å². The van der Waals surface area contributed by atoms with Gasteiger partial charge in [0.2, 0.25) is 5.91 Å². The van der Waals surface area contributed by atoms with Crippen molar-refractivity contribution in [3.63, 3.8) is 0 Å². The molecule has 114 valence electrons. The van der Waals surface area contributed by atoms with Gasteiger partial charge in [-0.05, 0) is 12.8 Å². The third-order valence-electron chi connectivity index (χ3n) is 3.87. The molecule has 0 aromatic carbocycles. The highest BCUT2D eigenvalue weighted by atomic mass is 16.4. The van der Waals surface area contributed by atoms with Crippen LogP contribution in [0, 0.1) is 0 Å². The van der Waals surface area contributed by atoms with Crippen molar-refractivity contribution in [2.24, 2.45) is 0 Å². The number of carboxylic acid groups (broad SMARTS) is 1. The Morgan fingerprint density at radius 1 is 1.33 bits per heavy atom. The number of oxazole rings is 1. The van der Waals surface area contributed by atoms with Crippen LogP contribution in [0.3, 0.4) is 0 Å². The van der Waals surface area contributed by atoms with Crippen molar-refractivity contribution in [3.8, 4) is 0 Å². The summed E-state index contributed by atoms with van der Waals surface area (Å²) in [5.41, 5.74) is -0.119. The van der Waals surface area contributed by atoms with Crippen molar-refractivity contribution in [1.82, 2.24) is 15.2 Å². The van der Waals surface area contributed by atoms with Crippen molar-refractivity contribution in [2.75, 3.05) is 37.6 Å². The van der Waals surface area contributed by atoms with E-state index in [-0.39, 0.29) is 23.7 Å². The van der Waals surface area contributed by atoms with E-state index < -0.39 is 5.97 Å². The van der Waals surface area contributed by atoms with Gasteiger partial charge in [-0.2, -0.15) is 4.98 Å². The molecule has 1 aromatic rings. The van der Waals surface area contributed by atoms with Crippen molar-refractivity contribution < 1.29 is 19.1 Å². The lowest BCUT2D eigenvalue weighted by Crippen LogP contribution is -2.57. The fourth-order valence-electron chi connectivity index (χ4n) is 2.75. The Bertz CT molecular complexity index is 538. The Hall–Kier alpha value is -2.09. The van der Waals surface area contributed by atoms with Crippen LogP contribution in [-0.2, 0) is 4.79 Å². The lowest BCUT2D eigenvalue weighted by atomic mass is 10.2. The molecule has 8 nitrogen and oxygen atoms in total. The van der Waals surface area contributed by atoms with Crippen LogP contribution >= 0.6 is 0 Å². The standard InChI is InChI=1S/C13H18N4O4/c18-11(16-4-1-2-5-16)9-7-17(6-3-14-9)13-15-10(8-21-13)12(19)20/h8-9,14H,1-7H2,(H,19,20)/t9-/m0/s1. The van der Waals surface area contributed by atoms with Gasteiger partial charge in [0.15, 0.2) is 5.69 Å². The number of amides is 1. The van der Waals surface area contributed by atoms with Gasteiger partial charge >= 0.3 is 5.97 Å². The zero-order valence-corrected chi connectivity index (χ0v) is 11.6. The first-order valence-electron chi connectivity index (χ1n) is 7.11. The number of hydrogen-bond donors (Lipinski definition) is 2. The number of carbonyl (C=O) groups excluding carboxylic acids is 1. The predicted molar refractivity (Wildman–Crippen MR) is 73.3 cm³/mol. The maximum absolute atomic E-state index is 12.4. The number of carboxylic acids is 1. The summed E-state index contributed by atoms with van der Waals surface area (Å²) in [5.74, 6) is -1.02. The molecule has 2 fully saturated rings. The third kappa shape index (κ3) is 2.85. The summed E-state index contributed by atoms with van der Waals surface area (Å²) in [7, 11) is 0. The largest absolute Gasteiger partial charge is 0.476 e. The van der Waals surface area contributed by atoms with Gasteiger partial charge in [0.1, 0.15) is 12.3 Å². The molecule has 0 aliphatic carbocycles. The zero-order chi connectivity index (χ0) is 14.8. The van der Waals surface area contributed by atoms with E-state index in [0.717, 1.165) is 32.2 Å². The second-order valence-corrected chi connectivity index (χ2v) is 5.31. The summed E-state index contributed by atoms with van der Waals surface area (Å²) in [5, 5.41) is 12.1. The molecule has 0 spiro atoms. The van der Waals surface area contributed by atoms with E-state index in [1.165, 1.54) is 0 Å². The summed E-state index contributed by atoms with van der Waals surface area (Å²) in [4.78, 5) is 30.8. The van der Waals surface area contributed by atoms with E-state index in [2.05, 4.69) is 10.3 Å². The lowest BCUT2D eigenvalue weighted by molar-refractivity contribution is -0.132. The van der Waals surface area contributed by atoms with Crippen LogP contribution in [0.4, 0.5) is 6.01 Å². The fourth-order valence-corrected chi connectivity index (χ4v) is 2.75. The number of anilines is 1. The molecule has 0 bridgehead atoms. The molecule has 1 amide bonds. The van der Waals surface area contributed by atoms with Crippen molar-refractivity contribution >= 4 is 17.9 Å². The number of nitrogens with one attached hydrogen (secondary N) is 1. The van der Waals surface area contributed by atoms with Gasteiger partial charge in [-0.1, -0.05) is 0 Å². The van der Waals surface area contributed by atoms with Crippen LogP contribution < -0.4 is 10.2 Å². The number of hydrogen-bond acceptors (Lipinski definition) is 6. The maximum atomic E-state index is 12.4. The van der Waals surface area contributed by atoms with E-state index in [9.17, 15) is 9.59 Å². The summed E-state index contributed by atoms with van der Waals surface area (Å²) in [6.45, 7) is 3.34. The highest BCUT2D eigenvalue weighted by Gasteiger charge is 2.31. The monoisotopic (exact) mass is 294 g/mol. The molecule has 21 heavy (non-hydrogen) atoms. The molecule has 2 aliphatic rings. The number of carbonyl (C=O) groups is 2. The Kier molecular flexibility index (Phi) is 3.78. The van der Waals surface area contributed by atoms with Crippen LogP contribution in [0.2, 0.25) is 0 Å². The second-order valence-electron chi connectivity index (χ2n) is 5.31. The van der Waals surface area contributed by atoms with E-state index in [4.69, 9.17) is 9.52 Å². The number of likely N-dealkylation sites (tertiary alicyclic amines) is 1. The predicted octanol–water partition coefficient (Wildman–Crippen LogP) is -0.227. The molecule has 2 N–H and O–H groups in total. The van der Waals surface area contributed by atoms with E-state index in [0.29, 0.717) is 19.6 Å². The molecule has 3 rings (SSSR count). The minimum atomic E-state index is -1.12. The fraction of sp³-hybridized carbons (Fsp3) is 0.615. The lowest BCUT2D eigenvalue weighted by Gasteiger charge is -2.33. The maximum Gasteiger partial charge on any atom is 0.357 e. The van der Waals surface area contributed by atoms with Gasteiger partial charge < -0.3 is 24.6 Å². The molecule has 0 unspecified atom stereocenters. The molecule has 0 saturated carbocycles. The van der Waals surface area contributed by atoms with Crippen LogP contribution in [0.25, 0.3) is 0 Å². The first-order chi connectivity index (χ1) is 10.1. The van der Waals surface area contributed by atoms with Crippen molar-refractivity contribution in [2.45, 2.75) is 18.9 Å². The highest BCUT2D eigenvalue weighted by molar-refractivity contribution is 5.85. The molecule has 0 radical (unpaired) electrons. The number of piperazine rings is 1. The van der Waals surface area contributed by atoms with Gasteiger partial charge in [0.05, 0.1) is 0 Å². The Morgan fingerprint density at radius 3 is 2.76 bits per heavy atom. The van der Waals surface area contributed by atoms with Gasteiger partial charge in [-0.3, -0.25) is 4.79 Å². The first-order valence-corrected chi connectivity index (χ1v) is 7.11. The van der Waals surface area contributed by atoms with Crippen LogP contribution in [0.15, 0.2) is 10.7 Å². The average molecular weight is 294 g/mol. The number of aromatic nitrogens is 1. The Balaban J connectivity index is 1.67. The molecule has 8 heteroatoms. The molecule has 1 atom stereocenters. The number of nitrogens with zero attached hydrogens (tertiary/aromatic N) is 3. The molecule has 3 heterocycles. The summed E-state index contributed by atoms with van der Waals surface area (Å²) in [6.07, 6.45) is 3.24. The Morgan fingerprint density at radius 2 is 2.10 bits per heavy atom. The first kappa shape index (κ1) is 13.9. The normalized spacial score (nSPS) is 22.6. The molecule has 2 saturated heterocycles. The van der Waals surface area contributed by atoms with Crippen molar-refractivity contribution in [3.05, 3.63) is 12.0 Å². The molecule has 2 aliphatic heterocycles. The van der Waals surface area contributed by atoms with Gasteiger partial charge in [-0.15, -0.1) is 0 Å². The molecule has 1 aromatic heterocycles. The van der Waals surface area contributed by atoms with E-state index in [1.807, 2.05) is 9.80 Å². The number of rotatable bonds is 3. The van der Waals surface area contributed by atoms with Gasteiger partial charge in [0.25, 0.3) is 6.01 Å². The van der Waals surface area contributed by atoms with Crippen LogP contribution in [0.1, 0.15) is 23.3 Å². The van der Waals surface area contributed by atoms with Crippen molar-refractivity contribution in [1.29, 1.82) is 0 Å². The third-order valence-corrected chi connectivity index (χ3v) is 3.87. The van der Waals surface area contributed by atoms with Crippen LogP contribution in [0.5, 0.6) is 0 Å². The molecular formula is C13H18N4O4. The Labute approximate surface area is 121 Å². The quantitative estimate of drug-likeness (QED) is 0.794. The highest BCUT2D eigenvalue weighted by Crippen LogP contribution is 2.17. The minimum Gasteiger partial charge on any atom is -0.476 e. The SMILES string of the molecule is O=C(O)c1coc(N2CCN[C@H](C(=O)N3CCCC3)C2)n1. The average Bonchev–Trinajstić information content (AvgIpc) is 3.18. The summed E-state index contributed by atoms with van der Waals surface area (Å²) >= 11 is 0. The second kappa shape index (κ2) is 5.72. The van der Waals surface area contributed by atoms with Gasteiger partial charge in [0, 0.05) is 32.7 Å². The smallest absolute Gasteiger partial charge is 0.357 e. The topological polar surface area (TPSA) is 98.9 Å². The summed E-state index contributed by atoms with van der Waals surface area (Å²) in [6, 6.07) is -0.0369. The van der Waals surface area contributed by atoms with Crippen LogP contribution in [-0.4, -0.2) is 65.6 Å².